The van der Waals surface area contributed by atoms with Crippen LogP contribution in [0.5, 0.6) is 0 Å². The molecule has 0 aliphatic heterocycles. The average Bonchev–Trinajstić information content (AvgIpc) is 2.75. The number of benzene rings is 1. The number of carboxylic acid groups (broad SMARTS) is 1. The van der Waals surface area contributed by atoms with E-state index in [0.717, 1.165) is 22.2 Å². The fraction of sp³-hybridized carbons (Fsp3) is 0.375. The van der Waals surface area contributed by atoms with E-state index in [9.17, 15) is 14.7 Å². The van der Waals surface area contributed by atoms with E-state index in [-0.39, 0.29) is 18.9 Å². The fourth-order valence-corrected chi connectivity index (χ4v) is 2.51. The van der Waals surface area contributed by atoms with Gasteiger partial charge in [-0.15, -0.1) is 0 Å². The predicted molar refractivity (Wildman–Crippen MR) is 82.8 cm³/mol. The van der Waals surface area contributed by atoms with Crippen molar-refractivity contribution in [3.63, 3.8) is 0 Å². The molecule has 6 heteroatoms. The van der Waals surface area contributed by atoms with Gasteiger partial charge in [0, 0.05) is 23.7 Å². The van der Waals surface area contributed by atoms with Gasteiger partial charge in [-0.25, -0.2) is 4.79 Å². The van der Waals surface area contributed by atoms with E-state index < -0.39 is 11.5 Å². The van der Waals surface area contributed by atoms with Crippen LogP contribution in [0.15, 0.2) is 24.3 Å². The molecule has 1 unspecified atom stereocenters. The van der Waals surface area contributed by atoms with Gasteiger partial charge in [-0.2, -0.15) is 0 Å². The third-order valence-electron chi connectivity index (χ3n) is 3.68. The van der Waals surface area contributed by atoms with Gasteiger partial charge in [0.2, 0.25) is 5.91 Å². The molecule has 1 aromatic carbocycles. The van der Waals surface area contributed by atoms with E-state index in [4.69, 9.17) is 4.74 Å². The number of nitrogens with one attached hydrogen (secondary N) is 2. The minimum absolute atomic E-state index is 0.0963. The molecule has 1 atom stereocenters. The summed E-state index contributed by atoms with van der Waals surface area (Å²) in [5, 5.41) is 12.8. The van der Waals surface area contributed by atoms with Gasteiger partial charge in [0.15, 0.2) is 5.54 Å². The zero-order valence-corrected chi connectivity index (χ0v) is 12.9. The molecule has 0 spiro atoms. The van der Waals surface area contributed by atoms with Crippen molar-refractivity contribution in [2.24, 2.45) is 0 Å². The first-order valence-corrected chi connectivity index (χ1v) is 6.97. The Hall–Kier alpha value is -2.34. The molecule has 6 nitrogen and oxygen atoms in total. The number of fused-ring (bicyclic) bond motifs is 1. The second-order valence-electron chi connectivity index (χ2n) is 5.57. The van der Waals surface area contributed by atoms with Crippen LogP contribution in [-0.2, 0) is 20.7 Å². The molecule has 0 radical (unpaired) electrons. The van der Waals surface area contributed by atoms with E-state index in [0.29, 0.717) is 0 Å². The number of carbonyl (C=O) groups excluding carboxylic acids is 1. The lowest BCUT2D eigenvalue weighted by Crippen LogP contribution is -2.55. The molecule has 0 saturated heterocycles. The Bertz CT molecular complexity index is 707. The number of aromatic amines is 1. The molecule has 3 N–H and O–H groups in total. The Labute approximate surface area is 128 Å². The summed E-state index contributed by atoms with van der Waals surface area (Å²) >= 11 is 0. The molecular formula is C16H20N2O4. The Morgan fingerprint density at radius 1 is 1.36 bits per heavy atom. The Balaban J connectivity index is 2.20. The van der Waals surface area contributed by atoms with Crippen LogP contribution in [0.4, 0.5) is 0 Å². The molecule has 0 aliphatic carbocycles. The molecule has 1 aromatic heterocycles. The number of carboxylic acids is 1. The molecule has 0 fully saturated rings. The normalized spacial score (nSPS) is 13.8. The molecular weight excluding hydrogens is 284 g/mol. The first kappa shape index (κ1) is 16.0. The monoisotopic (exact) mass is 304 g/mol. The highest BCUT2D eigenvalue weighted by molar-refractivity contribution is 5.92. The molecule has 0 aliphatic rings. The molecule has 22 heavy (non-hydrogen) atoms. The van der Waals surface area contributed by atoms with Crippen LogP contribution in [0.2, 0.25) is 0 Å². The summed E-state index contributed by atoms with van der Waals surface area (Å²) in [7, 11) is 1.40. The van der Waals surface area contributed by atoms with Crippen LogP contribution in [0.1, 0.15) is 18.2 Å². The molecule has 2 rings (SSSR count). The maximum Gasteiger partial charge on any atom is 0.331 e. The maximum atomic E-state index is 12.3. The van der Waals surface area contributed by atoms with Crippen molar-refractivity contribution in [1.29, 1.82) is 0 Å². The van der Waals surface area contributed by atoms with Crippen molar-refractivity contribution >= 4 is 22.8 Å². The summed E-state index contributed by atoms with van der Waals surface area (Å²) in [6.07, 6.45) is 0.114. The van der Waals surface area contributed by atoms with Gasteiger partial charge < -0.3 is 20.1 Å². The zero-order valence-electron chi connectivity index (χ0n) is 12.9. The van der Waals surface area contributed by atoms with Crippen LogP contribution in [-0.4, -0.2) is 41.2 Å². The summed E-state index contributed by atoms with van der Waals surface area (Å²) in [6.45, 7) is 3.23. The number of hydrogen-bond acceptors (Lipinski definition) is 3. The first-order chi connectivity index (χ1) is 10.4. The van der Waals surface area contributed by atoms with Gasteiger partial charge in [0.1, 0.15) is 0 Å². The van der Waals surface area contributed by atoms with E-state index in [2.05, 4.69) is 10.3 Å². The minimum Gasteiger partial charge on any atom is -0.479 e. The highest BCUT2D eigenvalue weighted by Crippen LogP contribution is 2.22. The number of methoxy groups -OCH3 is 1. The average molecular weight is 304 g/mol. The van der Waals surface area contributed by atoms with Crippen LogP contribution >= 0.6 is 0 Å². The highest BCUT2D eigenvalue weighted by atomic mass is 16.5. The number of aromatic nitrogens is 1. The number of H-pyrrole nitrogens is 1. The Morgan fingerprint density at radius 2 is 2.05 bits per heavy atom. The van der Waals surface area contributed by atoms with Crippen LogP contribution < -0.4 is 5.32 Å². The number of aryl methyl sites for hydroxylation is 1. The van der Waals surface area contributed by atoms with Crippen molar-refractivity contribution in [2.45, 2.75) is 25.8 Å². The number of ether oxygens (including phenoxy) is 1. The van der Waals surface area contributed by atoms with Gasteiger partial charge in [0.05, 0.1) is 13.0 Å². The molecule has 118 valence electrons. The van der Waals surface area contributed by atoms with Gasteiger partial charge in [0.25, 0.3) is 0 Å². The van der Waals surface area contributed by atoms with Gasteiger partial charge in [-0.3, -0.25) is 4.79 Å². The molecule has 1 amide bonds. The number of amides is 1. The van der Waals surface area contributed by atoms with Crippen molar-refractivity contribution in [1.82, 2.24) is 10.3 Å². The Morgan fingerprint density at radius 3 is 2.68 bits per heavy atom. The standard InChI is InChI=1S/C16H20N2O4/c1-10-12(11-6-4-5-7-13(11)17-10)8-14(19)18-16(2,9-22-3)15(20)21/h4-7,17H,8-9H2,1-3H3,(H,18,19)(H,20,21). The summed E-state index contributed by atoms with van der Waals surface area (Å²) in [5.41, 5.74) is 1.30. The fourth-order valence-electron chi connectivity index (χ4n) is 2.51. The number of hydrogen-bond donors (Lipinski definition) is 3. The maximum absolute atomic E-state index is 12.3. The lowest BCUT2D eigenvalue weighted by molar-refractivity contribution is -0.149. The van der Waals surface area contributed by atoms with E-state index >= 15 is 0 Å². The van der Waals surface area contributed by atoms with Crippen molar-refractivity contribution in [3.05, 3.63) is 35.5 Å². The zero-order chi connectivity index (χ0) is 16.3. The Kier molecular flexibility index (Phi) is 4.51. The summed E-state index contributed by atoms with van der Waals surface area (Å²) in [6, 6.07) is 7.70. The summed E-state index contributed by atoms with van der Waals surface area (Å²) in [5.74, 6) is -1.48. The summed E-state index contributed by atoms with van der Waals surface area (Å²) in [4.78, 5) is 26.8. The van der Waals surface area contributed by atoms with Gasteiger partial charge in [-0.1, -0.05) is 18.2 Å². The largest absolute Gasteiger partial charge is 0.479 e. The SMILES string of the molecule is COCC(C)(NC(=O)Cc1c(C)[nH]c2ccccc12)C(=O)O. The lowest BCUT2D eigenvalue weighted by atomic mass is 10.0. The second kappa shape index (κ2) is 6.19. The molecule has 1 heterocycles. The highest BCUT2D eigenvalue weighted by Gasteiger charge is 2.35. The smallest absolute Gasteiger partial charge is 0.331 e. The topological polar surface area (TPSA) is 91.4 Å². The summed E-state index contributed by atoms with van der Waals surface area (Å²) < 4.78 is 4.90. The van der Waals surface area contributed by atoms with Crippen LogP contribution in [0.3, 0.4) is 0 Å². The molecule has 0 bridgehead atoms. The van der Waals surface area contributed by atoms with Crippen molar-refractivity contribution in [2.75, 3.05) is 13.7 Å². The number of aliphatic carboxylic acids is 1. The third kappa shape index (κ3) is 3.12. The first-order valence-electron chi connectivity index (χ1n) is 6.97. The quantitative estimate of drug-likeness (QED) is 0.756. The molecule has 2 aromatic rings. The van der Waals surface area contributed by atoms with E-state index in [1.165, 1.54) is 14.0 Å². The molecule has 0 saturated carbocycles. The van der Waals surface area contributed by atoms with E-state index in [1.807, 2.05) is 31.2 Å². The number of para-hydroxylation sites is 1. The minimum atomic E-state index is -1.44. The van der Waals surface area contributed by atoms with Crippen LogP contribution in [0, 0.1) is 6.92 Å². The van der Waals surface area contributed by atoms with Crippen LogP contribution in [0.25, 0.3) is 10.9 Å². The van der Waals surface area contributed by atoms with Crippen molar-refractivity contribution in [3.8, 4) is 0 Å². The lowest BCUT2D eigenvalue weighted by Gasteiger charge is -2.25. The van der Waals surface area contributed by atoms with Gasteiger partial charge in [-0.05, 0) is 25.5 Å². The number of carbonyl (C=O) groups is 2. The third-order valence-corrected chi connectivity index (χ3v) is 3.68. The van der Waals surface area contributed by atoms with Crippen molar-refractivity contribution < 1.29 is 19.4 Å². The van der Waals surface area contributed by atoms with Gasteiger partial charge >= 0.3 is 5.97 Å². The predicted octanol–water partition coefficient (Wildman–Crippen LogP) is 1.62. The van der Waals surface area contributed by atoms with E-state index in [1.54, 1.807) is 0 Å². The second-order valence-corrected chi connectivity index (χ2v) is 5.57. The number of rotatable bonds is 6.